The second-order valence-corrected chi connectivity index (χ2v) is 6.69. The molecule has 0 aliphatic carbocycles. The number of H-pyrrole nitrogens is 1. The summed E-state index contributed by atoms with van der Waals surface area (Å²) in [6, 6.07) is 12.7. The number of rotatable bonds is 4. The Kier molecular flexibility index (Phi) is 4.65. The van der Waals surface area contributed by atoms with Gasteiger partial charge in [0.25, 0.3) is 5.91 Å². The van der Waals surface area contributed by atoms with E-state index < -0.39 is 23.9 Å². The van der Waals surface area contributed by atoms with Gasteiger partial charge in [-0.1, -0.05) is 30.3 Å². The van der Waals surface area contributed by atoms with Gasteiger partial charge in [0.2, 0.25) is 5.91 Å². The summed E-state index contributed by atoms with van der Waals surface area (Å²) in [5, 5.41) is 3.25. The number of fused-ring (bicyclic) bond motifs is 1. The molecule has 2 amide bonds. The Labute approximate surface area is 163 Å². The minimum absolute atomic E-state index is 0.0729. The summed E-state index contributed by atoms with van der Waals surface area (Å²) < 4.78 is 41.4. The number of nitrogens with zero attached hydrogens (tertiary/aromatic N) is 1. The van der Waals surface area contributed by atoms with Crippen LogP contribution < -0.4 is 10.1 Å². The Balaban J connectivity index is 1.39. The average Bonchev–Trinajstić information content (AvgIpc) is 3.05. The number of ether oxygens (including phenoxy) is 1. The molecule has 1 aromatic heterocycles. The topological polar surface area (TPSA) is 74.4 Å². The standard InChI is InChI=1S/C20H16F3N3O3/c21-20(22,23)29-17-8-4-3-7-16(17)25-18(27)12-10-26(11-12)19(28)14-9-24-15-6-2-1-5-13(14)15/h1-9,12,24H,10-11H2,(H,25,27). The zero-order chi connectivity index (χ0) is 20.6. The van der Waals surface area contributed by atoms with Crippen molar-refractivity contribution in [1.29, 1.82) is 0 Å². The number of aromatic amines is 1. The van der Waals surface area contributed by atoms with E-state index in [0.29, 0.717) is 5.56 Å². The minimum Gasteiger partial charge on any atom is -0.404 e. The van der Waals surface area contributed by atoms with Crippen molar-refractivity contribution >= 4 is 28.4 Å². The normalized spacial score (nSPS) is 14.5. The van der Waals surface area contributed by atoms with Crippen LogP contribution in [0.1, 0.15) is 10.4 Å². The molecule has 9 heteroatoms. The molecule has 0 spiro atoms. The average molecular weight is 403 g/mol. The number of likely N-dealkylation sites (tertiary alicyclic amines) is 1. The van der Waals surface area contributed by atoms with E-state index >= 15 is 0 Å². The number of nitrogens with one attached hydrogen (secondary N) is 2. The summed E-state index contributed by atoms with van der Waals surface area (Å²) in [7, 11) is 0. The molecule has 0 radical (unpaired) electrons. The second kappa shape index (κ2) is 7.16. The molecular formula is C20H16F3N3O3. The van der Waals surface area contributed by atoms with Crippen molar-refractivity contribution in [3.63, 3.8) is 0 Å². The van der Waals surface area contributed by atoms with E-state index in [1.165, 1.54) is 23.1 Å². The fourth-order valence-electron chi connectivity index (χ4n) is 3.25. The summed E-state index contributed by atoms with van der Waals surface area (Å²) >= 11 is 0. The van der Waals surface area contributed by atoms with Gasteiger partial charge in [-0.2, -0.15) is 0 Å². The maximum Gasteiger partial charge on any atom is 0.573 e. The number of carbonyl (C=O) groups is 2. The molecular weight excluding hydrogens is 387 g/mol. The van der Waals surface area contributed by atoms with E-state index in [9.17, 15) is 22.8 Å². The molecule has 1 aliphatic rings. The third-order valence-corrected chi connectivity index (χ3v) is 4.73. The summed E-state index contributed by atoms with van der Waals surface area (Å²) in [4.78, 5) is 29.6. The van der Waals surface area contributed by atoms with E-state index in [2.05, 4.69) is 15.0 Å². The fraction of sp³-hybridized carbons (Fsp3) is 0.200. The van der Waals surface area contributed by atoms with Crippen LogP contribution in [0.4, 0.5) is 18.9 Å². The van der Waals surface area contributed by atoms with Crippen LogP contribution in [-0.4, -0.2) is 41.2 Å². The highest BCUT2D eigenvalue weighted by molar-refractivity contribution is 6.07. The molecule has 0 saturated carbocycles. The monoisotopic (exact) mass is 403 g/mol. The largest absolute Gasteiger partial charge is 0.573 e. The van der Waals surface area contributed by atoms with Gasteiger partial charge < -0.3 is 19.9 Å². The molecule has 0 atom stereocenters. The third kappa shape index (κ3) is 3.89. The highest BCUT2D eigenvalue weighted by atomic mass is 19.4. The van der Waals surface area contributed by atoms with Crippen LogP contribution in [0.15, 0.2) is 54.7 Å². The number of carbonyl (C=O) groups excluding carboxylic acids is 2. The van der Waals surface area contributed by atoms with E-state index in [-0.39, 0.29) is 24.7 Å². The number of hydrogen-bond donors (Lipinski definition) is 2. The molecule has 1 aliphatic heterocycles. The van der Waals surface area contributed by atoms with Crippen molar-refractivity contribution < 1.29 is 27.5 Å². The van der Waals surface area contributed by atoms with Crippen LogP contribution in [-0.2, 0) is 4.79 Å². The lowest BCUT2D eigenvalue weighted by Gasteiger charge is -2.38. The molecule has 29 heavy (non-hydrogen) atoms. The number of amides is 2. The lowest BCUT2D eigenvalue weighted by atomic mass is 9.97. The summed E-state index contributed by atoms with van der Waals surface area (Å²) in [5.41, 5.74) is 1.28. The molecule has 2 N–H and O–H groups in total. The maximum atomic E-state index is 12.7. The van der Waals surface area contributed by atoms with Gasteiger partial charge in [0.15, 0.2) is 5.75 Å². The maximum absolute atomic E-state index is 12.7. The second-order valence-electron chi connectivity index (χ2n) is 6.69. The summed E-state index contributed by atoms with van der Waals surface area (Å²) in [6.45, 7) is 0.374. The lowest BCUT2D eigenvalue weighted by molar-refractivity contribution is -0.274. The number of aromatic nitrogens is 1. The first-order valence-electron chi connectivity index (χ1n) is 8.83. The van der Waals surface area contributed by atoms with Gasteiger partial charge in [-0.05, 0) is 18.2 Å². The van der Waals surface area contributed by atoms with Crippen LogP contribution in [0.2, 0.25) is 0 Å². The van der Waals surface area contributed by atoms with Gasteiger partial charge >= 0.3 is 6.36 Å². The van der Waals surface area contributed by atoms with Crippen LogP contribution in [0.5, 0.6) is 5.75 Å². The van der Waals surface area contributed by atoms with Crippen molar-refractivity contribution in [3.8, 4) is 5.75 Å². The summed E-state index contributed by atoms with van der Waals surface area (Å²) in [5.74, 6) is -1.67. The van der Waals surface area contributed by atoms with Crippen molar-refractivity contribution in [2.45, 2.75) is 6.36 Å². The molecule has 0 bridgehead atoms. The van der Waals surface area contributed by atoms with Gasteiger partial charge in [0.1, 0.15) is 0 Å². The van der Waals surface area contributed by atoms with Gasteiger partial charge in [0.05, 0.1) is 17.2 Å². The molecule has 3 aromatic rings. The predicted molar refractivity (Wildman–Crippen MR) is 99.4 cm³/mol. The minimum atomic E-state index is -4.86. The van der Waals surface area contributed by atoms with E-state index in [1.807, 2.05) is 24.3 Å². The Hall–Kier alpha value is -3.49. The van der Waals surface area contributed by atoms with Crippen molar-refractivity contribution in [3.05, 3.63) is 60.3 Å². The first-order chi connectivity index (χ1) is 13.8. The highest BCUT2D eigenvalue weighted by Gasteiger charge is 2.37. The molecule has 2 aromatic carbocycles. The van der Waals surface area contributed by atoms with E-state index in [1.54, 1.807) is 6.20 Å². The zero-order valence-electron chi connectivity index (χ0n) is 15.0. The number of hydrogen-bond acceptors (Lipinski definition) is 3. The smallest absolute Gasteiger partial charge is 0.404 e. The molecule has 4 rings (SSSR count). The molecule has 2 heterocycles. The quantitative estimate of drug-likeness (QED) is 0.696. The van der Waals surface area contributed by atoms with Crippen LogP contribution >= 0.6 is 0 Å². The van der Waals surface area contributed by atoms with Gasteiger partial charge in [-0.25, -0.2) is 0 Å². The molecule has 0 unspecified atom stereocenters. The van der Waals surface area contributed by atoms with Gasteiger partial charge in [-0.15, -0.1) is 13.2 Å². The number of alkyl halides is 3. The number of anilines is 1. The van der Waals surface area contributed by atoms with Crippen molar-refractivity contribution in [2.24, 2.45) is 5.92 Å². The molecule has 1 saturated heterocycles. The number of benzene rings is 2. The van der Waals surface area contributed by atoms with Crippen LogP contribution in [0, 0.1) is 5.92 Å². The Morgan fingerprint density at radius 1 is 1.07 bits per heavy atom. The summed E-state index contributed by atoms with van der Waals surface area (Å²) in [6.07, 6.45) is -3.23. The fourth-order valence-corrected chi connectivity index (χ4v) is 3.25. The number of para-hydroxylation sites is 3. The first-order valence-corrected chi connectivity index (χ1v) is 8.83. The third-order valence-electron chi connectivity index (χ3n) is 4.73. The first kappa shape index (κ1) is 18.9. The van der Waals surface area contributed by atoms with Gasteiger partial charge in [-0.3, -0.25) is 9.59 Å². The molecule has 150 valence electrons. The SMILES string of the molecule is O=C(Nc1ccccc1OC(F)(F)F)C1CN(C(=O)c2c[nH]c3ccccc23)C1. The Morgan fingerprint density at radius 2 is 1.76 bits per heavy atom. The molecule has 1 fully saturated rings. The zero-order valence-corrected chi connectivity index (χ0v) is 15.0. The predicted octanol–water partition coefficient (Wildman–Crippen LogP) is 3.78. The van der Waals surface area contributed by atoms with Crippen LogP contribution in [0.3, 0.4) is 0 Å². The van der Waals surface area contributed by atoms with Gasteiger partial charge in [0, 0.05) is 30.2 Å². The number of halogens is 3. The lowest BCUT2D eigenvalue weighted by Crippen LogP contribution is -2.54. The van der Waals surface area contributed by atoms with E-state index in [0.717, 1.165) is 17.0 Å². The Morgan fingerprint density at radius 3 is 2.52 bits per heavy atom. The van der Waals surface area contributed by atoms with E-state index in [4.69, 9.17) is 0 Å². The van der Waals surface area contributed by atoms with Crippen LogP contribution in [0.25, 0.3) is 10.9 Å². The van der Waals surface area contributed by atoms with Crippen molar-refractivity contribution in [1.82, 2.24) is 9.88 Å². The highest BCUT2D eigenvalue weighted by Crippen LogP contribution is 2.31. The molecule has 6 nitrogen and oxygen atoms in total. The Bertz CT molecular complexity index is 1070. The van der Waals surface area contributed by atoms with Crippen molar-refractivity contribution in [2.75, 3.05) is 18.4 Å².